The average molecular weight is 265 g/mol. The maximum Gasteiger partial charge on any atom is 0.433 e. The predicted molar refractivity (Wildman–Crippen MR) is 70.9 cm³/mol. The fraction of sp³-hybridized carbons (Fsp3) is 0.267. The summed E-state index contributed by atoms with van der Waals surface area (Å²) in [7, 11) is 0. The van der Waals surface area contributed by atoms with Crippen LogP contribution in [0.4, 0.5) is 18.9 Å². The molecule has 0 atom stereocenters. The highest BCUT2D eigenvalue weighted by Gasteiger charge is 2.38. The zero-order chi connectivity index (χ0) is 14.0. The van der Waals surface area contributed by atoms with E-state index >= 15 is 0 Å². The topological polar surface area (TPSA) is 12.4 Å². The number of alkyl halides is 3. The summed E-state index contributed by atoms with van der Waals surface area (Å²) in [6, 6.07) is 5.34. The van der Waals surface area contributed by atoms with Crippen LogP contribution in [0.3, 0.4) is 0 Å². The van der Waals surface area contributed by atoms with Gasteiger partial charge in [0.25, 0.3) is 0 Å². The molecule has 0 aliphatic heterocycles. The van der Waals surface area contributed by atoms with Gasteiger partial charge in [-0.15, -0.1) is 0 Å². The maximum absolute atomic E-state index is 13.1. The molecule has 0 spiro atoms. The van der Waals surface area contributed by atoms with Gasteiger partial charge in [0.05, 0.1) is 5.69 Å². The van der Waals surface area contributed by atoms with E-state index < -0.39 is 11.9 Å². The normalized spacial score (nSPS) is 15.8. The van der Waals surface area contributed by atoms with E-state index in [0.717, 1.165) is 11.1 Å². The van der Waals surface area contributed by atoms with Gasteiger partial charge >= 0.3 is 6.18 Å². The minimum Gasteiger partial charge on any atom is -0.243 e. The van der Waals surface area contributed by atoms with Gasteiger partial charge in [-0.1, -0.05) is 36.4 Å². The van der Waals surface area contributed by atoms with Crippen molar-refractivity contribution >= 4 is 11.4 Å². The van der Waals surface area contributed by atoms with Crippen molar-refractivity contribution < 1.29 is 13.2 Å². The van der Waals surface area contributed by atoms with Crippen molar-refractivity contribution in [3.8, 4) is 0 Å². The highest BCUT2D eigenvalue weighted by atomic mass is 19.4. The standard InChI is InChI=1S/C15H14F3N/c1-10-6-5-7-11(2)13(10)19-14(15(16,17)18)12-8-3-4-9-12/h3-8H,9H2,1-2H3. The Morgan fingerprint density at radius 1 is 1.16 bits per heavy atom. The van der Waals surface area contributed by atoms with Crippen LogP contribution in [-0.2, 0) is 0 Å². The summed E-state index contributed by atoms with van der Waals surface area (Å²) < 4.78 is 39.4. The molecule has 4 heteroatoms. The van der Waals surface area contributed by atoms with E-state index in [9.17, 15) is 13.2 Å². The number of rotatable bonds is 2. The van der Waals surface area contributed by atoms with Gasteiger partial charge in [-0.3, -0.25) is 0 Å². The van der Waals surface area contributed by atoms with Crippen molar-refractivity contribution in [2.45, 2.75) is 26.4 Å². The SMILES string of the molecule is Cc1cccc(C)c1N=C(C1=CC=CC1)C(F)(F)F. The summed E-state index contributed by atoms with van der Waals surface area (Å²) in [4.78, 5) is 3.89. The second kappa shape index (κ2) is 5.03. The Morgan fingerprint density at radius 2 is 1.79 bits per heavy atom. The van der Waals surface area contributed by atoms with Gasteiger partial charge < -0.3 is 0 Å². The molecule has 0 amide bonds. The summed E-state index contributed by atoms with van der Waals surface area (Å²) in [6.07, 6.45) is 0.637. The molecule has 0 heterocycles. The monoisotopic (exact) mass is 265 g/mol. The molecule has 1 aliphatic carbocycles. The number of aliphatic imine (C=N–C) groups is 1. The molecule has 2 rings (SSSR count). The number of benzene rings is 1. The van der Waals surface area contributed by atoms with Gasteiger partial charge in [-0.2, -0.15) is 13.2 Å². The van der Waals surface area contributed by atoms with Crippen LogP contribution in [0.15, 0.2) is 47.0 Å². The second-order valence-electron chi connectivity index (χ2n) is 4.52. The molecule has 1 aromatic carbocycles. The third-order valence-corrected chi connectivity index (χ3v) is 3.01. The first-order valence-corrected chi connectivity index (χ1v) is 5.98. The lowest BCUT2D eigenvalue weighted by atomic mass is 10.1. The van der Waals surface area contributed by atoms with Crippen molar-refractivity contribution in [1.29, 1.82) is 0 Å². The van der Waals surface area contributed by atoms with Crippen LogP contribution in [0.25, 0.3) is 0 Å². The van der Waals surface area contributed by atoms with Crippen molar-refractivity contribution in [2.24, 2.45) is 4.99 Å². The molecule has 1 aliphatic rings. The Balaban J connectivity index is 2.53. The highest BCUT2D eigenvalue weighted by molar-refractivity contribution is 6.06. The fourth-order valence-electron chi connectivity index (χ4n) is 2.03. The van der Waals surface area contributed by atoms with Gasteiger partial charge in [0.1, 0.15) is 5.71 Å². The van der Waals surface area contributed by atoms with E-state index in [1.807, 2.05) is 6.07 Å². The molecular weight excluding hydrogens is 251 g/mol. The van der Waals surface area contributed by atoms with Crippen LogP contribution in [-0.4, -0.2) is 11.9 Å². The third-order valence-electron chi connectivity index (χ3n) is 3.01. The quantitative estimate of drug-likeness (QED) is 0.679. The Bertz CT molecular complexity index is 557. The van der Waals surface area contributed by atoms with Gasteiger partial charge in [-0.25, -0.2) is 4.99 Å². The number of allylic oxidation sites excluding steroid dienone is 4. The molecule has 0 fully saturated rings. The molecule has 1 nitrogen and oxygen atoms in total. The number of hydrogen-bond acceptors (Lipinski definition) is 1. The van der Waals surface area contributed by atoms with Gasteiger partial charge in [0, 0.05) is 0 Å². The predicted octanol–water partition coefficient (Wildman–Crippen LogP) is 4.82. The number of aryl methyl sites for hydroxylation is 2. The smallest absolute Gasteiger partial charge is 0.243 e. The van der Waals surface area contributed by atoms with Crippen LogP contribution in [0.5, 0.6) is 0 Å². The molecule has 1 aromatic rings. The Morgan fingerprint density at radius 3 is 2.26 bits per heavy atom. The Kier molecular flexibility index (Phi) is 3.60. The molecule has 0 radical (unpaired) electrons. The number of hydrogen-bond donors (Lipinski definition) is 0. The van der Waals surface area contributed by atoms with Crippen molar-refractivity contribution in [3.63, 3.8) is 0 Å². The van der Waals surface area contributed by atoms with E-state index in [2.05, 4.69) is 4.99 Å². The number of halogens is 3. The summed E-state index contributed by atoms with van der Waals surface area (Å²) in [5.41, 5.74) is 1.31. The molecule has 0 saturated heterocycles. The molecule has 0 N–H and O–H groups in total. The first kappa shape index (κ1) is 13.6. The summed E-state index contributed by atoms with van der Waals surface area (Å²) in [5.74, 6) is 0. The fourth-order valence-corrected chi connectivity index (χ4v) is 2.03. The Hall–Kier alpha value is -1.84. The molecule has 0 bridgehead atoms. The minimum atomic E-state index is -4.44. The molecule has 0 saturated carbocycles. The van der Waals surface area contributed by atoms with E-state index in [0.29, 0.717) is 5.69 Å². The summed E-state index contributed by atoms with van der Waals surface area (Å²) in [6.45, 7) is 3.53. The van der Waals surface area contributed by atoms with Gasteiger partial charge in [0.2, 0.25) is 0 Å². The zero-order valence-corrected chi connectivity index (χ0v) is 10.8. The largest absolute Gasteiger partial charge is 0.433 e. The van der Waals surface area contributed by atoms with E-state index in [1.54, 1.807) is 38.1 Å². The van der Waals surface area contributed by atoms with Crippen LogP contribution in [0.1, 0.15) is 17.5 Å². The van der Waals surface area contributed by atoms with Crippen molar-refractivity contribution in [2.75, 3.05) is 0 Å². The zero-order valence-electron chi connectivity index (χ0n) is 10.8. The van der Waals surface area contributed by atoms with Crippen LogP contribution >= 0.6 is 0 Å². The third kappa shape index (κ3) is 2.95. The second-order valence-corrected chi connectivity index (χ2v) is 4.52. The Labute approximate surface area is 110 Å². The maximum atomic E-state index is 13.1. The first-order valence-electron chi connectivity index (χ1n) is 5.98. The van der Waals surface area contributed by atoms with Gasteiger partial charge in [0.15, 0.2) is 0 Å². The van der Waals surface area contributed by atoms with E-state index in [1.165, 1.54) is 6.08 Å². The van der Waals surface area contributed by atoms with E-state index in [4.69, 9.17) is 0 Å². The lowest BCUT2D eigenvalue weighted by Crippen LogP contribution is -2.24. The lowest BCUT2D eigenvalue weighted by Gasteiger charge is -2.13. The molecule has 19 heavy (non-hydrogen) atoms. The highest BCUT2D eigenvalue weighted by Crippen LogP contribution is 2.31. The molecule has 0 aromatic heterocycles. The summed E-state index contributed by atoms with van der Waals surface area (Å²) in [5, 5.41) is 0. The van der Waals surface area contributed by atoms with Crippen LogP contribution in [0, 0.1) is 13.8 Å². The molecule has 0 unspecified atom stereocenters. The van der Waals surface area contributed by atoms with Crippen LogP contribution < -0.4 is 0 Å². The minimum absolute atomic E-state index is 0.218. The van der Waals surface area contributed by atoms with Gasteiger partial charge in [-0.05, 0) is 37.0 Å². The first-order chi connectivity index (χ1) is 8.89. The lowest BCUT2D eigenvalue weighted by molar-refractivity contribution is -0.0582. The van der Waals surface area contributed by atoms with Crippen molar-refractivity contribution in [3.05, 3.63) is 53.1 Å². The average Bonchev–Trinajstić information content (AvgIpc) is 2.80. The number of para-hydroxylation sites is 1. The molecular formula is C15H14F3N. The van der Waals surface area contributed by atoms with E-state index in [-0.39, 0.29) is 12.0 Å². The van der Waals surface area contributed by atoms with Crippen molar-refractivity contribution in [1.82, 2.24) is 0 Å². The molecule has 100 valence electrons. The van der Waals surface area contributed by atoms with Crippen LogP contribution in [0.2, 0.25) is 0 Å². The summed E-state index contributed by atoms with van der Waals surface area (Å²) >= 11 is 0. The number of nitrogens with zero attached hydrogens (tertiary/aromatic N) is 1.